The molecule has 0 bridgehead atoms. The summed E-state index contributed by atoms with van der Waals surface area (Å²) < 4.78 is 14.8. The van der Waals surface area contributed by atoms with Gasteiger partial charge >= 0.3 is 0 Å². The third-order valence-electron chi connectivity index (χ3n) is 4.34. The summed E-state index contributed by atoms with van der Waals surface area (Å²) in [6.07, 6.45) is 5.68. The molecule has 1 aromatic rings. The maximum absolute atomic E-state index is 14.8. The van der Waals surface area contributed by atoms with E-state index < -0.39 is 11.6 Å². The number of carbonyl (C=O) groups is 1. The Morgan fingerprint density at radius 3 is 2.76 bits per heavy atom. The lowest BCUT2D eigenvalue weighted by Gasteiger charge is -2.32. The topological polar surface area (TPSA) is 49.3 Å². The van der Waals surface area contributed by atoms with Crippen LogP contribution >= 0.6 is 11.6 Å². The molecule has 0 radical (unpaired) electrons. The van der Waals surface area contributed by atoms with Crippen LogP contribution in [0.5, 0.6) is 0 Å². The molecule has 1 aliphatic heterocycles. The molecule has 2 heterocycles. The van der Waals surface area contributed by atoms with Crippen LogP contribution in [-0.4, -0.2) is 41.2 Å². The van der Waals surface area contributed by atoms with E-state index in [1.165, 1.54) is 18.0 Å². The van der Waals surface area contributed by atoms with E-state index in [2.05, 4.69) is 9.97 Å². The monoisotopic (exact) mass is 312 g/mol. The number of anilines is 2. The molecular weight excluding hydrogens is 295 g/mol. The summed E-state index contributed by atoms with van der Waals surface area (Å²) in [5.41, 5.74) is -1.44. The van der Waals surface area contributed by atoms with E-state index in [0.717, 1.165) is 25.7 Å². The summed E-state index contributed by atoms with van der Waals surface area (Å²) in [5.74, 6) is -0.0192. The van der Waals surface area contributed by atoms with Crippen molar-refractivity contribution in [2.24, 2.45) is 0 Å². The smallest absolute Gasteiger partial charge is 0.266 e. The molecule has 0 aromatic carbocycles. The van der Waals surface area contributed by atoms with Gasteiger partial charge in [-0.1, -0.05) is 12.8 Å². The van der Waals surface area contributed by atoms with Crippen LogP contribution in [0.2, 0.25) is 5.28 Å². The normalized spacial score (nSPS) is 27.0. The van der Waals surface area contributed by atoms with Gasteiger partial charge in [-0.25, -0.2) is 9.37 Å². The molecule has 1 saturated carbocycles. The van der Waals surface area contributed by atoms with Gasteiger partial charge in [0.25, 0.3) is 5.91 Å². The van der Waals surface area contributed by atoms with E-state index in [1.54, 1.807) is 7.05 Å². The number of hydrogen-bond acceptors (Lipinski definition) is 4. The van der Waals surface area contributed by atoms with E-state index in [1.807, 2.05) is 4.90 Å². The predicted octanol–water partition coefficient (Wildman–Crippen LogP) is 2.58. The van der Waals surface area contributed by atoms with Gasteiger partial charge in [-0.05, 0) is 31.4 Å². The highest BCUT2D eigenvalue weighted by molar-refractivity contribution is 6.28. The van der Waals surface area contributed by atoms with E-state index in [9.17, 15) is 9.18 Å². The zero-order valence-electron chi connectivity index (χ0n) is 12.1. The van der Waals surface area contributed by atoms with Crippen LogP contribution < -0.4 is 9.80 Å². The minimum atomic E-state index is -1.95. The second kappa shape index (κ2) is 5.09. The first kappa shape index (κ1) is 14.5. The van der Waals surface area contributed by atoms with Crippen molar-refractivity contribution < 1.29 is 9.18 Å². The number of alkyl halides is 1. The summed E-state index contributed by atoms with van der Waals surface area (Å²) in [5, 5.41) is 0.111. The van der Waals surface area contributed by atoms with Crippen molar-refractivity contribution in [3.05, 3.63) is 11.5 Å². The van der Waals surface area contributed by atoms with Crippen molar-refractivity contribution in [2.75, 3.05) is 23.4 Å². The number of rotatable bonds is 1. The van der Waals surface area contributed by atoms with Crippen molar-refractivity contribution in [1.29, 1.82) is 0 Å². The number of amides is 1. The van der Waals surface area contributed by atoms with E-state index >= 15 is 0 Å². The first-order chi connectivity index (χ1) is 9.90. The molecule has 1 aromatic heterocycles. The Morgan fingerprint density at radius 2 is 2.10 bits per heavy atom. The van der Waals surface area contributed by atoms with Crippen LogP contribution in [0.1, 0.15) is 32.6 Å². The number of fused-ring (bicyclic) bond motifs is 1. The molecule has 1 aliphatic carbocycles. The molecule has 114 valence electrons. The Hall–Kier alpha value is -1.43. The van der Waals surface area contributed by atoms with Crippen LogP contribution in [0.25, 0.3) is 0 Å². The Balaban J connectivity index is 2.12. The molecular formula is C14H18ClFN4O. The molecule has 1 fully saturated rings. The molecule has 3 rings (SSSR count). The fourth-order valence-electron chi connectivity index (χ4n) is 3.23. The van der Waals surface area contributed by atoms with E-state index in [4.69, 9.17) is 11.6 Å². The minimum absolute atomic E-state index is 0.00117. The highest BCUT2D eigenvalue weighted by Crippen LogP contribution is 2.38. The van der Waals surface area contributed by atoms with Gasteiger partial charge in [0.1, 0.15) is 5.69 Å². The molecule has 0 N–H and O–H groups in total. The maximum atomic E-state index is 14.8. The average molecular weight is 313 g/mol. The molecule has 1 amide bonds. The largest absolute Gasteiger partial charge is 0.348 e. The third-order valence-corrected chi connectivity index (χ3v) is 4.52. The molecule has 2 aliphatic rings. The summed E-state index contributed by atoms with van der Waals surface area (Å²) in [4.78, 5) is 23.7. The number of halogens is 2. The molecule has 5 nitrogen and oxygen atoms in total. The van der Waals surface area contributed by atoms with Gasteiger partial charge in [0.05, 0.1) is 12.7 Å². The van der Waals surface area contributed by atoms with Gasteiger partial charge in [0.15, 0.2) is 5.82 Å². The molecule has 0 saturated heterocycles. The zero-order chi connectivity index (χ0) is 15.2. The van der Waals surface area contributed by atoms with Crippen LogP contribution in [0, 0.1) is 0 Å². The van der Waals surface area contributed by atoms with Gasteiger partial charge < -0.3 is 9.80 Å². The summed E-state index contributed by atoms with van der Waals surface area (Å²) in [7, 11) is 1.55. The number of hydrogen-bond donors (Lipinski definition) is 0. The minimum Gasteiger partial charge on any atom is -0.348 e. The van der Waals surface area contributed by atoms with Gasteiger partial charge in [-0.15, -0.1) is 0 Å². The van der Waals surface area contributed by atoms with Crippen LogP contribution in [0.15, 0.2) is 6.20 Å². The lowest BCUT2D eigenvalue weighted by molar-refractivity contribution is -0.128. The Labute approximate surface area is 128 Å². The van der Waals surface area contributed by atoms with Crippen LogP contribution in [-0.2, 0) is 4.79 Å². The SMILES string of the molecule is CN1C(=O)C(C)(F)CN(C2CCCC2)c2nc(Cl)ncc21. The molecule has 7 heteroatoms. The second-order valence-electron chi connectivity index (χ2n) is 5.98. The summed E-state index contributed by atoms with van der Waals surface area (Å²) >= 11 is 5.91. The van der Waals surface area contributed by atoms with Crippen molar-refractivity contribution >= 4 is 29.0 Å². The van der Waals surface area contributed by atoms with Crippen LogP contribution in [0.3, 0.4) is 0 Å². The quantitative estimate of drug-likeness (QED) is 0.748. The number of aromatic nitrogens is 2. The molecule has 1 unspecified atom stereocenters. The van der Waals surface area contributed by atoms with Crippen molar-refractivity contribution in [2.45, 2.75) is 44.3 Å². The lowest BCUT2D eigenvalue weighted by Crippen LogP contribution is -2.49. The van der Waals surface area contributed by atoms with Gasteiger partial charge in [-0.3, -0.25) is 4.79 Å². The Kier molecular flexibility index (Phi) is 3.51. The molecule has 0 spiro atoms. The van der Waals surface area contributed by atoms with Gasteiger partial charge in [0, 0.05) is 13.1 Å². The third kappa shape index (κ3) is 2.46. The van der Waals surface area contributed by atoms with Crippen molar-refractivity contribution in [3.63, 3.8) is 0 Å². The van der Waals surface area contributed by atoms with Crippen molar-refractivity contribution in [1.82, 2.24) is 9.97 Å². The first-order valence-electron chi connectivity index (χ1n) is 7.16. The second-order valence-corrected chi connectivity index (χ2v) is 6.31. The van der Waals surface area contributed by atoms with Crippen molar-refractivity contribution in [3.8, 4) is 0 Å². The Bertz CT molecular complexity index is 574. The Morgan fingerprint density at radius 1 is 1.43 bits per heavy atom. The standard InChI is InChI=1S/C14H18ClFN4O/c1-14(16)8-20(9-5-3-4-6-9)11-10(19(2)12(14)21)7-17-13(15)18-11/h7,9H,3-6,8H2,1-2H3. The molecule has 1 atom stereocenters. The van der Waals surface area contributed by atoms with E-state index in [-0.39, 0.29) is 17.9 Å². The van der Waals surface area contributed by atoms with Gasteiger partial charge in [0.2, 0.25) is 11.0 Å². The predicted molar refractivity (Wildman–Crippen MR) is 79.6 cm³/mol. The average Bonchev–Trinajstić information content (AvgIpc) is 2.94. The summed E-state index contributed by atoms with van der Waals surface area (Å²) in [6, 6.07) is 0.198. The fraction of sp³-hybridized carbons (Fsp3) is 0.643. The summed E-state index contributed by atoms with van der Waals surface area (Å²) in [6.45, 7) is 1.33. The maximum Gasteiger partial charge on any atom is 0.266 e. The number of nitrogens with zero attached hydrogens (tertiary/aromatic N) is 4. The van der Waals surface area contributed by atoms with Gasteiger partial charge in [-0.2, -0.15) is 4.98 Å². The highest BCUT2D eigenvalue weighted by Gasteiger charge is 2.44. The fourth-order valence-corrected chi connectivity index (χ4v) is 3.36. The molecule has 21 heavy (non-hydrogen) atoms. The highest BCUT2D eigenvalue weighted by atomic mass is 35.5. The lowest BCUT2D eigenvalue weighted by atomic mass is 10.1. The van der Waals surface area contributed by atoms with Crippen LogP contribution in [0.4, 0.5) is 15.9 Å². The number of carbonyl (C=O) groups excluding carboxylic acids is 1. The zero-order valence-corrected chi connectivity index (χ0v) is 12.9. The first-order valence-corrected chi connectivity index (χ1v) is 7.54. The van der Waals surface area contributed by atoms with E-state index in [0.29, 0.717) is 11.5 Å².